The second kappa shape index (κ2) is 3.48. The van der Waals surface area contributed by atoms with E-state index in [-0.39, 0.29) is 0 Å². The Bertz CT molecular complexity index is 160. The minimum absolute atomic E-state index is 0.652. The molecule has 1 aliphatic heterocycles. The second-order valence-corrected chi connectivity index (χ2v) is 2.67. The summed E-state index contributed by atoms with van der Waals surface area (Å²) in [7, 11) is 0. The highest BCUT2D eigenvalue weighted by Crippen LogP contribution is 2.08. The number of rotatable bonds is 1. The maximum atomic E-state index is 10.1. The van der Waals surface area contributed by atoms with E-state index in [4.69, 9.17) is 5.11 Å². The second-order valence-electron chi connectivity index (χ2n) is 1.81. The zero-order valence-electron chi connectivity index (χ0n) is 5.28. The Morgan fingerprint density at radius 3 is 3.10 bits per heavy atom. The van der Waals surface area contributed by atoms with Gasteiger partial charge in [0.2, 0.25) is 0 Å². The molecule has 1 heterocycles. The first kappa shape index (κ1) is 7.43. The highest BCUT2D eigenvalue weighted by molar-refractivity contribution is 8.02. The van der Waals surface area contributed by atoms with Crippen molar-refractivity contribution in [1.82, 2.24) is 10.4 Å². The van der Waals surface area contributed by atoms with Crippen LogP contribution in [0.1, 0.15) is 0 Å². The summed E-state index contributed by atoms with van der Waals surface area (Å²) in [5.41, 5.74) is 2.26. The van der Waals surface area contributed by atoms with E-state index in [9.17, 15) is 4.79 Å². The van der Waals surface area contributed by atoms with Crippen LogP contribution in [0.4, 0.5) is 4.79 Å². The monoisotopic (exact) mass is 160 g/mol. The van der Waals surface area contributed by atoms with E-state index < -0.39 is 6.09 Å². The van der Waals surface area contributed by atoms with Crippen molar-refractivity contribution < 1.29 is 9.90 Å². The number of nitrogens with zero attached hydrogens (tertiary/aromatic N) is 1. The Labute approximate surface area is 62.9 Å². The first-order valence-electron chi connectivity index (χ1n) is 2.80. The zero-order valence-corrected chi connectivity index (χ0v) is 6.10. The Morgan fingerprint density at radius 2 is 2.60 bits per heavy atom. The number of hydrogen-bond acceptors (Lipinski definition) is 3. The number of nitrogens with one attached hydrogen (secondary N) is 1. The molecule has 0 spiro atoms. The SMILES string of the molecule is O=C(O)NN1CC=CSC1. The Balaban J connectivity index is 2.28. The lowest BCUT2D eigenvalue weighted by Gasteiger charge is -2.20. The van der Waals surface area contributed by atoms with Crippen LogP contribution in [-0.4, -0.2) is 28.6 Å². The minimum Gasteiger partial charge on any atom is -0.464 e. The molecule has 0 bridgehead atoms. The molecule has 1 amide bonds. The molecule has 0 radical (unpaired) electrons. The highest BCUT2D eigenvalue weighted by Gasteiger charge is 2.07. The van der Waals surface area contributed by atoms with E-state index in [1.54, 1.807) is 16.8 Å². The molecule has 0 aromatic rings. The van der Waals surface area contributed by atoms with Crippen molar-refractivity contribution >= 4 is 17.9 Å². The molecule has 0 aromatic carbocycles. The largest absolute Gasteiger partial charge is 0.464 e. The molecule has 2 N–H and O–H groups in total. The van der Waals surface area contributed by atoms with Gasteiger partial charge in [0, 0.05) is 6.54 Å². The van der Waals surface area contributed by atoms with Gasteiger partial charge in [0.15, 0.2) is 0 Å². The van der Waals surface area contributed by atoms with Gasteiger partial charge in [-0.15, -0.1) is 11.8 Å². The van der Waals surface area contributed by atoms with Gasteiger partial charge in [-0.3, -0.25) is 5.43 Å². The summed E-state index contributed by atoms with van der Waals surface area (Å²) in [5.74, 6) is 0.683. The lowest BCUT2D eigenvalue weighted by atomic mass is 10.6. The lowest BCUT2D eigenvalue weighted by molar-refractivity contribution is 0.156. The molecule has 0 saturated carbocycles. The average Bonchev–Trinajstić information content (AvgIpc) is 1.88. The van der Waals surface area contributed by atoms with Crippen LogP contribution in [0, 0.1) is 0 Å². The Morgan fingerprint density at radius 1 is 1.80 bits per heavy atom. The van der Waals surface area contributed by atoms with Crippen molar-refractivity contribution in [3.8, 4) is 0 Å². The predicted octanol–water partition coefficient (Wildman–Crippen LogP) is 0.689. The van der Waals surface area contributed by atoms with E-state index in [0.717, 1.165) is 0 Å². The number of carboxylic acid groups (broad SMARTS) is 1. The molecular weight excluding hydrogens is 152 g/mol. The number of hydrogen-bond donors (Lipinski definition) is 2. The molecule has 1 aliphatic rings. The van der Waals surface area contributed by atoms with Crippen LogP contribution in [0.25, 0.3) is 0 Å². The molecule has 0 atom stereocenters. The van der Waals surface area contributed by atoms with Crippen molar-refractivity contribution in [2.45, 2.75) is 0 Å². The van der Waals surface area contributed by atoms with Crippen molar-refractivity contribution in [3.05, 3.63) is 11.5 Å². The molecule has 0 unspecified atom stereocenters. The molecular formula is C5H8N2O2S. The standard InChI is InChI=1S/C5H8N2O2S/c8-5(9)6-7-2-1-3-10-4-7/h1,3,6H,2,4H2,(H,8,9). The van der Waals surface area contributed by atoms with Crippen LogP contribution in [0.15, 0.2) is 11.5 Å². The highest BCUT2D eigenvalue weighted by atomic mass is 32.2. The van der Waals surface area contributed by atoms with Gasteiger partial charge in [-0.2, -0.15) is 0 Å². The van der Waals surface area contributed by atoms with Crippen LogP contribution in [0.5, 0.6) is 0 Å². The maximum Gasteiger partial charge on any atom is 0.419 e. The number of carbonyl (C=O) groups is 1. The van der Waals surface area contributed by atoms with E-state index in [2.05, 4.69) is 5.43 Å². The summed E-state index contributed by atoms with van der Waals surface area (Å²) in [6, 6.07) is 0. The van der Waals surface area contributed by atoms with Gasteiger partial charge in [-0.1, -0.05) is 6.08 Å². The van der Waals surface area contributed by atoms with Gasteiger partial charge in [-0.25, -0.2) is 9.80 Å². The van der Waals surface area contributed by atoms with E-state index in [1.807, 2.05) is 11.5 Å². The van der Waals surface area contributed by atoms with Crippen LogP contribution in [0.2, 0.25) is 0 Å². The van der Waals surface area contributed by atoms with Crippen molar-refractivity contribution in [3.63, 3.8) is 0 Å². The van der Waals surface area contributed by atoms with Gasteiger partial charge >= 0.3 is 6.09 Å². The molecule has 1 rings (SSSR count). The normalized spacial score (nSPS) is 18.8. The number of amides is 1. The third kappa shape index (κ3) is 2.28. The van der Waals surface area contributed by atoms with Gasteiger partial charge < -0.3 is 5.11 Å². The fourth-order valence-corrected chi connectivity index (χ4v) is 1.30. The van der Waals surface area contributed by atoms with Crippen LogP contribution in [0.3, 0.4) is 0 Å². The first-order valence-corrected chi connectivity index (χ1v) is 3.85. The minimum atomic E-state index is -1.00. The van der Waals surface area contributed by atoms with Crippen molar-refractivity contribution in [2.24, 2.45) is 0 Å². The summed E-state index contributed by atoms with van der Waals surface area (Å²) in [4.78, 5) is 10.1. The third-order valence-electron chi connectivity index (χ3n) is 1.00. The summed E-state index contributed by atoms with van der Waals surface area (Å²) in [6.07, 6.45) is 0.903. The fraction of sp³-hybridized carbons (Fsp3) is 0.400. The smallest absolute Gasteiger partial charge is 0.419 e. The van der Waals surface area contributed by atoms with Gasteiger partial charge in [0.1, 0.15) is 0 Å². The summed E-state index contributed by atoms with van der Waals surface area (Å²) in [5, 5.41) is 11.9. The molecule has 56 valence electrons. The molecule has 4 nitrogen and oxygen atoms in total. The molecule has 5 heteroatoms. The van der Waals surface area contributed by atoms with Crippen LogP contribution in [-0.2, 0) is 0 Å². The van der Waals surface area contributed by atoms with Crippen LogP contribution < -0.4 is 5.43 Å². The molecule has 0 aliphatic carbocycles. The lowest BCUT2D eigenvalue weighted by Crippen LogP contribution is -2.41. The van der Waals surface area contributed by atoms with Gasteiger partial charge in [0.25, 0.3) is 0 Å². The molecule has 10 heavy (non-hydrogen) atoms. The fourth-order valence-electron chi connectivity index (χ4n) is 0.637. The molecule has 0 aromatic heterocycles. The van der Waals surface area contributed by atoms with Crippen molar-refractivity contribution in [2.75, 3.05) is 12.4 Å². The Kier molecular flexibility index (Phi) is 2.58. The van der Waals surface area contributed by atoms with E-state index >= 15 is 0 Å². The average molecular weight is 160 g/mol. The summed E-state index contributed by atoms with van der Waals surface area (Å²) < 4.78 is 0. The van der Waals surface area contributed by atoms with Crippen molar-refractivity contribution in [1.29, 1.82) is 0 Å². The zero-order chi connectivity index (χ0) is 7.40. The molecule has 0 saturated heterocycles. The van der Waals surface area contributed by atoms with E-state index in [1.165, 1.54) is 0 Å². The van der Waals surface area contributed by atoms with Crippen LogP contribution >= 0.6 is 11.8 Å². The maximum absolute atomic E-state index is 10.1. The van der Waals surface area contributed by atoms with Gasteiger partial charge in [-0.05, 0) is 5.41 Å². The van der Waals surface area contributed by atoms with Gasteiger partial charge in [0.05, 0.1) is 5.88 Å². The topological polar surface area (TPSA) is 52.6 Å². The number of hydrazine groups is 1. The Hall–Kier alpha value is -0.680. The molecule has 0 fully saturated rings. The third-order valence-corrected chi connectivity index (χ3v) is 1.85. The van der Waals surface area contributed by atoms with E-state index in [0.29, 0.717) is 12.4 Å². The summed E-state index contributed by atoms with van der Waals surface area (Å²) in [6.45, 7) is 0.652. The first-order chi connectivity index (χ1) is 4.79. The quantitative estimate of drug-likeness (QED) is 0.592. The number of thioether (sulfide) groups is 1. The summed E-state index contributed by atoms with van der Waals surface area (Å²) >= 11 is 1.56. The predicted molar refractivity (Wildman–Crippen MR) is 39.5 cm³/mol.